The maximum absolute atomic E-state index is 13.2. The molecule has 2 aliphatic rings. The number of aromatic nitrogens is 1. The van der Waals surface area contributed by atoms with Crippen LogP contribution in [0.4, 0.5) is 5.69 Å². The maximum atomic E-state index is 13.2. The van der Waals surface area contributed by atoms with E-state index in [0.29, 0.717) is 17.1 Å². The van der Waals surface area contributed by atoms with Crippen LogP contribution in [0.15, 0.2) is 18.2 Å². The summed E-state index contributed by atoms with van der Waals surface area (Å²) < 4.78 is 0. The van der Waals surface area contributed by atoms with Gasteiger partial charge in [-0.25, -0.2) is 0 Å². The Labute approximate surface area is 175 Å². The van der Waals surface area contributed by atoms with E-state index in [1.54, 1.807) is 18.2 Å². The van der Waals surface area contributed by atoms with Gasteiger partial charge in [-0.3, -0.25) is 9.59 Å². The number of likely N-dealkylation sites (N-methyl/N-ethyl adjacent to an activating group) is 1. The summed E-state index contributed by atoms with van der Waals surface area (Å²) in [6.45, 7) is 4.25. The van der Waals surface area contributed by atoms with Crippen molar-refractivity contribution in [1.29, 1.82) is 0 Å². The summed E-state index contributed by atoms with van der Waals surface area (Å²) in [5.74, 6) is -0.0949. The largest absolute Gasteiger partial charge is 0.358 e. The minimum atomic E-state index is -0.162. The molecule has 7 heteroatoms. The van der Waals surface area contributed by atoms with Crippen molar-refractivity contribution in [3.8, 4) is 0 Å². The molecule has 1 aromatic carbocycles. The summed E-state index contributed by atoms with van der Waals surface area (Å²) in [6, 6.07) is 5.35. The number of hydrogen-bond acceptors (Lipinski definition) is 3. The van der Waals surface area contributed by atoms with Gasteiger partial charge in [-0.05, 0) is 63.7 Å². The first-order valence-corrected chi connectivity index (χ1v) is 10.2. The molecule has 4 rings (SSSR count). The van der Waals surface area contributed by atoms with E-state index in [-0.39, 0.29) is 11.8 Å². The van der Waals surface area contributed by atoms with Crippen LogP contribution in [0.25, 0.3) is 11.6 Å². The van der Waals surface area contributed by atoms with Gasteiger partial charge in [0.1, 0.15) is 0 Å². The van der Waals surface area contributed by atoms with Crippen molar-refractivity contribution in [1.82, 2.24) is 14.8 Å². The zero-order valence-electron chi connectivity index (χ0n) is 16.9. The van der Waals surface area contributed by atoms with Gasteiger partial charge >= 0.3 is 0 Å². The second-order valence-corrected chi connectivity index (χ2v) is 8.35. The van der Waals surface area contributed by atoms with Crippen LogP contribution in [0, 0.1) is 6.92 Å². The van der Waals surface area contributed by atoms with Crippen molar-refractivity contribution in [3.05, 3.63) is 51.3 Å². The first-order valence-electron chi connectivity index (χ1n) is 9.83. The van der Waals surface area contributed by atoms with Crippen molar-refractivity contribution in [2.75, 3.05) is 39.0 Å². The molecule has 0 unspecified atom stereocenters. The second kappa shape index (κ2) is 7.69. The number of nitrogens with zero attached hydrogens (tertiary/aromatic N) is 2. The predicted molar refractivity (Wildman–Crippen MR) is 116 cm³/mol. The third kappa shape index (κ3) is 3.70. The van der Waals surface area contributed by atoms with Crippen LogP contribution >= 0.6 is 11.6 Å². The smallest absolute Gasteiger partial charge is 0.256 e. The minimum Gasteiger partial charge on any atom is -0.358 e. The minimum absolute atomic E-state index is 0.0667. The molecule has 0 aliphatic carbocycles. The summed E-state index contributed by atoms with van der Waals surface area (Å²) >= 11 is 6.13. The van der Waals surface area contributed by atoms with Crippen LogP contribution in [0.3, 0.4) is 0 Å². The molecular formula is C22H25ClN4O2. The lowest BCUT2D eigenvalue weighted by molar-refractivity contribution is -0.110. The fourth-order valence-electron chi connectivity index (χ4n) is 3.99. The third-order valence-electron chi connectivity index (χ3n) is 5.59. The zero-order chi connectivity index (χ0) is 20.7. The van der Waals surface area contributed by atoms with E-state index in [2.05, 4.69) is 15.2 Å². The SMILES string of the molecule is Cc1c(/C=C2\C(=O)Nc3ccc(Cl)cc32)[nH]c2c1C(=O)N(CCN(C)C)CCC2. The van der Waals surface area contributed by atoms with Crippen LogP contribution in [-0.4, -0.2) is 60.3 Å². The molecule has 0 bridgehead atoms. The average molecular weight is 413 g/mol. The number of fused-ring (bicyclic) bond motifs is 2. The first kappa shape index (κ1) is 19.7. The molecule has 2 aliphatic heterocycles. The number of amides is 2. The van der Waals surface area contributed by atoms with Gasteiger partial charge in [0.05, 0.1) is 11.1 Å². The van der Waals surface area contributed by atoms with Gasteiger partial charge in [-0.1, -0.05) is 11.6 Å². The van der Waals surface area contributed by atoms with Gasteiger partial charge in [0.2, 0.25) is 0 Å². The summed E-state index contributed by atoms with van der Waals surface area (Å²) in [5, 5.41) is 3.45. The summed E-state index contributed by atoms with van der Waals surface area (Å²) in [4.78, 5) is 33.1. The van der Waals surface area contributed by atoms with Crippen molar-refractivity contribution >= 4 is 40.8 Å². The molecule has 29 heavy (non-hydrogen) atoms. The number of rotatable bonds is 4. The molecule has 6 nitrogen and oxygen atoms in total. The molecule has 0 fully saturated rings. The predicted octanol–water partition coefficient (Wildman–Crippen LogP) is 3.42. The van der Waals surface area contributed by atoms with E-state index >= 15 is 0 Å². The topological polar surface area (TPSA) is 68.4 Å². The Morgan fingerprint density at radius 2 is 2.07 bits per heavy atom. The number of halogens is 1. The van der Waals surface area contributed by atoms with E-state index in [1.807, 2.05) is 32.0 Å². The number of aromatic amines is 1. The Bertz CT molecular complexity index is 1020. The van der Waals surface area contributed by atoms with Gasteiger partial charge in [0, 0.05) is 47.3 Å². The normalized spacial score (nSPS) is 17.6. The fourth-order valence-corrected chi connectivity index (χ4v) is 4.16. The van der Waals surface area contributed by atoms with Crippen LogP contribution in [0.5, 0.6) is 0 Å². The lowest BCUT2D eigenvalue weighted by Gasteiger charge is -2.23. The fraction of sp³-hybridized carbons (Fsp3) is 0.364. The van der Waals surface area contributed by atoms with Gasteiger partial charge < -0.3 is 20.1 Å². The molecule has 0 spiro atoms. The van der Waals surface area contributed by atoms with Crippen molar-refractivity contribution in [2.24, 2.45) is 0 Å². The lowest BCUT2D eigenvalue weighted by atomic mass is 10.0. The van der Waals surface area contributed by atoms with Crippen LogP contribution in [0.2, 0.25) is 5.02 Å². The molecule has 0 atom stereocenters. The third-order valence-corrected chi connectivity index (χ3v) is 5.83. The van der Waals surface area contributed by atoms with E-state index in [4.69, 9.17) is 11.6 Å². The first-order chi connectivity index (χ1) is 13.8. The number of hydrogen-bond donors (Lipinski definition) is 2. The van der Waals surface area contributed by atoms with E-state index in [9.17, 15) is 9.59 Å². The molecular weight excluding hydrogens is 388 g/mol. The van der Waals surface area contributed by atoms with Crippen molar-refractivity contribution < 1.29 is 9.59 Å². The number of H-pyrrole nitrogens is 1. The molecule has 0 saturated carbocycles. The number of carbonyl (C=O) groups is 2. The average Bonchev–Trinajstić information content (AvgIpc) is 3.08. The number of nitrogens with one attached hydrogen (secondary N) is 2. The Morgan fingerprint density at radius 1 is 1.28 bits per heavy atom. The Kier molecular flexibility index (Phi) is 5.23. The molecule has 2 aromatic rings. The van der Waals surface area contributed by atoms with E-state index in [0.717, 1.165) is 59.7 Å². The monoisotopic (exact) mass is 412 g/mol. The Hall–Kier alpha value is -2.57. The molecule has 0 saturated heterocycles. The molecule has 152 valence electrons. The van der Waals surface area contributed by atoms with Gasteiger partial charge in [0.15, 0.2) is 0 Å². The summed E-state index contributed by atoms with van der Waals surface area (Å²) in [7, 11) is 4.02. The highest BCUT2D eigenvalue weighted by molar-refractivity contribution is 6.36. The molecule has 0 radical (unpaired) electrons. The standard InChI is InChI=1S/C22H25ClN4O2/c1-13-19(12-16-15-11-14(23)6-7-17(15)25-21(16)28)24-18-5-4-8-27(10-9-26(2)3)22(29)20(13)18/h6-7,11-12,24H,4-5,8-10H2,1-3H3,(H,25,28)/b16-12-. The van der Waals surface area contributed by atoms with Gasteiger partial charge in [-0.15, -0.1) is 0 Å². The van der Waals surface area contributed by atoms with Crippen LogP contribution < -0.4 is 5.32 Å². The van der Waals surface area contributed by atoms with E-state index in [1.165, 1.54) is 0 Å². The molecule has 1 aromatic heterocycles. The maximum Gasteiger partial charge on any atom is 0.256 e. The summed E-state index contributed by atoms with van der Waals surface area (Å²) in [6.07, 6.45) is 3.57. The van der Waals surface area contributed by atoms with Crippen molar-refractivity contribution in [3.63, 3.8) is 0 Å². The highest BCUT2D eigenvalue weighted by Gasteiger charge is 2.29. The quantitative estimate of drug-likeness (QED) is 0.756. The Balaban J connectivity index is 1.71. The molecule has 2 N–H and O–H groups in total. The van der Waals surface area contributed by atoms with Gasteiger partial charge in [-0.2, -0.15) is 0 Å². The lowest BCUT2D eigenvalue weighted by Crippen LogP contribution is -2.36. The number of benzene rings is 1. The number of carbonyl (C=O) groups excluding carboxylic acids is 2. The molecule has 3 heterocycles. The highest BCUT2D eigenvalue weighted by Crippen LogP contribution is 2.36. The number of anilines is 1. The molecule has 2 amide bonds. The summed E-state index contributed by atoms with van der Waals surface area (Å²) in [5.41, 5.74) is 5.48. The zero-order valence-corrected chi connectivity index (χ0v) is 17.7. The van der Waals surface area contributed by atoms with Gasteiger partial charge in [0.25, 0.3) is 11.8 Å². The van der Waals surface area contributed by atoms with E-state index < -0.39 is 0 Å². The van der Waals surface area contributed by atoms with Crippen LogP contribution in [-0.2, 0) is 11.2 Å². The second-order valence-electron chi connectivity index (χ2n) is 7.92. The van der Waals surface area contributed by atoms with Crippen molar-refractivity contribution in [2.45, 2.75) is 19.8 Å². The van der Waals surface area contributed by atoms with Crippen LogP contribution in [0.1, 0.15) is 39.3 Å². The number of aryl methyl sites for hydroxylation is 1. The highest BCUT2D eigenvalue weighted by atomic mass is 35.5. The Morgan fingerprint density at radius 3 is 2.83 bits per heavy atom.